The van der Waals surface area contributed by atoms with Crippen LogP contribution in [0.1, 0.15) is 51.2 Å². The molecule has 0 aromatic heterocycles. The van der Waals surface area contributed by atoms with Crippen LogP contribution in [0.2, 0.25) is 0 Å². The lowest BCUT2D eigenvalue weighted by Crippen LogP contribution is -2.42. The van der Waals surface area contributed by atoms with E-state index in [0.29, 0.717) is 6.42 Å². The largest absolute Gasteiger partial charge is 0.311 e. The van der Waals surface area contributed by atoms with Gasteiger partial charge < -0.3 is 4.90 Å². The van der Waals surface area contributed by atoms with Gasteiger partial charge in [0.05, 0.1) is 22.6 Å². The molecule has 2 heterocycles. The van der Waals surface area contributed by atoms with Crippen molar-refractivity contribution in [3.8, 4) is 6.07 Å². The molecule has 0 spiro atoms. The first-order chi connectivity index (χ1) is 9.95. The van der Waals surface area contributed by atoms with E-state index in [-0.39, 0.29) is 5.91 Å². The van der Waals surface area contributed by atoms with E-state index in [9.17, 15) is 10.1 Å². The quantitative estimate of drug-likeness (QED) is 0.850. The van der Waals surface area contributed by atoms with E-state index >= 15 is 0 Å². The Labute approximate surface area is 126 Å². The van der Waals surface area contributed by atoms with Crippen LogP contribution in [-0.4, -0.2) is 12.5 Å². The SMILES string of the molecule is CCC(C)(C#N)CC1(C)C(=O)N2CCCc3cccc1c32. The standard InChI is InChI=1S/C18H22N2O/c1-4-17(2,12-19)11-18(3)14-9-5-7-13-8-6-10-20(15(13)14)16(18)21/h5,7,9H,4,6,8,10-11H2,1-3H3. The number of rotatable bonds is 3. The summed E-state index contributed by atoms with van der Waals surface area (Å²) in [6, 6.07) is 8.69. The lowest BCUT2D eigenvalue weighted by Gasteiger charge is -2.31. The minimum Gasteiger partial charge on any atom is -0.311 e. The molecule has 2 atom stereocenters. The number of nitrogens with zero attached hydrogens (tertiary/aromatic N) is 2. The lowest BCUT2D eigenvalue weighted by atomic mass is 9.69. The molecule has 0 fully saturated rings. The van der Waals surface area contributed by atoms with Gasteiger partial charge in [0.15, 0.2) is 0 Å². The predicted octanol–water partition coefficient (Wildman–Crippen LogP) is 3.57. The maximum absolute atomic E-state index is 13.0. The summed E-state index contributed by atoms with van der Waals surface area (Å²) in [6.07, 6.45) is 3.44. The monoisotopic (exact) mass is 282 g/mol. The highest BCUT2D eigenvalue weighted by Crippen LogP contribution is 2.50. The van der Waals surface area contributed by atoms with Crippen LogP contribution < -0.4 is 4.90 Å². The Morgan fingerprint density at radius 1 is 1.48 bits per heavy atom. The average molecular weight is 282 g/mol. The summed E-state index contributed by atoms with van der Waals surface area (Å²) in [4.78, 5) is 15.0. The number of aryl methyl sites for hydroxylation is 1. The zero-order chi connectivity index (χ0) is 15.3. The normalized spacial score (nSPS) is 26.2. The maximum atomic E-state index is 13.0. The van der Waals surface area contributed by atoms with E-state index in [1.54, 1.807) is 0 Å². The molecule has 0 radical (unpaired) electrons. The van der Waals surface area contributed by atoms with Gasteiger partial charge in [-0.05, 0) is 50.7 Å². The van der Waals surface area contributed by atoms with Gasteiger partial charge in [-0.3, -0.25) is 4.79 Å². The molecule has 2 unspecified atom stereocenters. The van der Waals surface area contributed by atoms with Crippen molar-refractivity contribution >= 4 is 11.6 Å². The molecule has 1 aromatic rings. The van der Waals surface area contributed by atoms with Gasteiger partial charge in [-0.15, -0.1) is 0 Å². The van der Waals surface area contributed by atoms with Crippen molar-refractivity contribution in [2.45, 2.75) is 51.9 Å². The number of para-hydroxylation sites is 1. The summed E-state index contributed by atoms with van der Waals surface area (Å²) in [6.45, 7) is 6.83. The summed E-state index contributed by atoms with van der Waals surface area (Å²) in [5.41, 5.74) is 2.52. The van der Waals surface area contributed by atoms with E-state index in [0.717, 1.165) is 37.1 Å². The van der Waals surface area contributed by atoms with Crippen LogP contribution in [0.15, 0.2) is 18.2 Å². The van der Waals surface area contributed by atoms with E-state index in [1.807, 2.05) is 25.7 Å². The molecule has 1 amide bonds. The molecule has 3 nitrogen and oxygen atoms in total. The van der Waals surface area contributed by atoms with E-state index in [4.69, 9.17) is 0 Å². The van der Waals surface area contributed by atoms with Gasteiger partial charge in [0.2, 0.25) is 5.91 Å². The molecular weight excluding hydrogens is 260 g/mol. The van der Waals surface area contributed by atoms with Crippen molar-refractivity contribution in [3.63, 3.8) is 0 Å². The van der Waals surface area contributed by atoms with Gasteiger partial charge in [0.25, 0.3) is 0 Å². The Morgan fingerprint density at radius 2 is 2.24 bits per heavy atom. The third-order valence-electron chi connectivity index (χ3n) is 5.32. The second kappa shape index (κ2) is 4.59. The van der Waals surface area contributed by atoms with Crippen LogP contribution in [0.5, 0.6) is 0 Å². The van der Waals surface area contributed by atoms with Crippen LogP contribution in [0.3, 0.4) is 0 Å². The highest BCUT2D eigenvalue weighted by atomic mass is 16.2. The molecule has 0 aliphatic carbocycles. The van der Waals surface area contributed by atoms with E-state index in [1.165, 1.54) is 5.56 Å². The zero-order valence-electron chi connectivity index (χ0n) is 13.1. The van der Waals surface area contributed by atoms with Crippen molar-refractivity contribution in [3.05, 3.63) is 29.3 Å². The molecule has 0 saturated carbocycles. The number of nitriles is 1. The molecule has 2 aliphatic rings. The minimum atomic E-state index is -0.559. The van der Waals surface area contributed by atoms with Gasteiger partial charge >= 0.3 is 0 Å². The van der Waals surface area contributed by atoms with Crippen LogP contribution >= 0.6 is 0 Å². The number of amides is 1. The fraction of sp³-hybridized carbons (Fsp3) is 0.556. The van der Waals surface area contributed by atoms with Gasteiger partial charge in [-0.1, -0.05) is 25.1 Å². The van der Waals surface area contributed by atoms with Gasteiger partial charge in [-0.25, -0.2) is 0 Å². The molecule has 2 aliphatic heterocycles. The van der Waals surface area contributed by atoms with Gasteiger partial charge in [0, 0.05) is 6.54 Å². The van der Waals surface area contributed by atoms with Crippen LogP contribution in [0.25, 0.3) is 0 Å². The highest BCUT2D eigenvalue weighted by molar-refractivity contribution is 6.09. The number of hydrogen-bond acceptors (Lipinski definition) is 2. The molecule has 1 aromatic carbocycles. The summed E-state index contributed by atoms with van der Waals surface area (Å²) in [5, 5.41) is 9.51. The number of anilines is 1. The second-order valence-electron chi connectivity index (χ2n) is 6.91. The third-order valence-corrected chi connectivity index (χ3v) is 5.32. The number of carbonyl (C=O) groups excluding carboxylic acids is 1. The fourth-order valence-electron chi connectivity index (χ4n) is 3.91. The second-order valence-corrected chi connectivity index (χ2v) is 6.91. The summed E-state index contributed by atoms with van der Waals surface area (Å²) in [7, 11) is 0. The first-order valence-electron chi connectivity index (χ1n) is 7.81. The van der Waals surface area contributed by atoms with Crippen molar-refractivity contribution in [2.75, 3.05) is 11.4 Å². The Bertz CT molecular complexity index is 645. The van der Waals surface area contributed by atoms with E-state index in [2.05, 4.69) is 24.3 Å². The maximum Gasteiger partial charge on any atom is 0.237 e. The summed E-state index contributed by atoms with van der Waals surface area (Å²) < 4.78 is 0. The summed E-state index contributed by atoms with van der Waals surface area (Å²) in [5.74, 6) is 0.180. The first kappa shape index (κ1) is 14.1. The van der Waals surface area contributed by atoms with Crippen molar-refractivity contribution < 1.29 is 4.79 Å². The predicted molar refractivity (Wildman–Crippen MR) is 83.1 cm³/mol. The summed E-state index contributed by atoms with van der Waals surface area (Å²) >= 11 is 0. The topological polar surface area (TPSA) is 44.1 Å². The molecular formula is C18H22N2O. The molecule has 3 rings (SSSR count). The highest BCUT2D eigenvalue weighted by Gasteiger charge is 2.51. The number of hydrogen-bond donors (Lipinski definition) is 0. The smallest absolute Gasteiger partial charge is 0.237 e. The average Bonchev–Trinajstić information content (AvgIpc) is 2.72. The van der Waals surface area contributed by atoms with Crippen LogP contribution in [0, 0.1) is 16.7 Å². The Morgan fingerprint density at radius 3 is 2.90 bits per heavy atom. The van der Waals surface area contributed by atoms with Crippen molar-refractivity contribution in [1.82, 2.24) is 0 Å². The molecule has 21 heavy (non-hydrogen) atoms. The number of carbonyl (C=O) groups is 1. The molecule has 3 heteroatoms. The molecule has 0 saturated heterocycles. The van der Waals surface area contributed by atoms with Crippen molar-refractivity contribution in [1.29, 1.82) is 5.26 Å². The molecule has 110 valence electrons. The number of benzene rings is 1. The molecule has 0 N–H and O–H groups in total. The Balaban J connectivity index is 2.12. The minimum absolute atomic E-state index is 0.180. The van der Waals surface area contributed by atoms with Crippen LogP contribution in [-0.2, 0) is 16.6 Å². The Kier molecular flexibility index (Phi) is 3.09. The van der Waals surface area contributed by atoms with E-state index < -0.39 is 10.8 Å². The third kappa shape index (κ3) is 1.89. The fourth-order valence-corrected chi connectivity index (χ4v) is 3.91. The zero-order valence-corrected chi connectivity index (χ0v) is 13.1. The van der Waals surface area contributed by atoms with Gasteiger partial charge in [-0.2, -0.15) is 5.26 Å². The van der Waals surface area contributed by atoms with Gasteiger partial charge in [0.1, 0.15) is 0 Å². The molecule has 0 bridgehead atoms. The van der Waals surface area contributed by atoms with Crippen LogP contribution in [0.4, 0.5) is 5.69 Å². The Hall–Kier alpha value is -1.82. The van der Waals surface area contributed by atoms with Crippen molar-refractivity contribution in [2.24, 2.45) is 5.41 Å². The first-order valence-corrected chi connectivity index (χ1v) is 7.81. The lowest BCUT2D eigenvalue weighted by molar-refractivity contribution is -0.123.